The lowest BCUT2D eigenvalue weighted by Gasteiger charge is -2.09. The number of hydrogen-bond acceptors (Lipinski definition) is 5. The second-order valence-corrected chi connectivity index (χ2v) is 5.35. The molecule has 1 N–H and O–H groups in total. The molecule has 0 aliphatic rings. The molecule has 7 heteroatoms. The molecule has 0 aliphatic carbocycles. The van der Waals surface area contributed by atoms with E-state index in [9.17, 15) is 19.7 Å². The number of carbonyl (C=O) groups is 2. The molecule has 0 radical (unpaired) electrons. The maximum atomic E-state index is 12.2. The van der Waals surface area contributed by atoms with Crippen LogP contribution in [-0.4, -0.2) is 23.2 Å². The number of ether oxygens (including phenoxy) is 1. The van der Waals surface area contributed by atoms with E-state index >= 15 is 0 Å². The number of nitro groups is 1. The maximum absolute atomic E-state index is 12.2. The largest absolute Gasteiger partial charge is 0.485 e. The van der Waals surface area contributed by atoms with Crippen LogP contribution in [0, 0.1) is 17.0 Å². The molecule has 0 spiro atoms. The molecule has 2 aromatic rings. The van der Waals surface area contributed by atoms with Gasteiger partial charge in [0.05, 0.1) is 10.5 Å². The Balaban J connectivity index is 2.02. The van der Waals surface area contributed by atoms with E-state index < -0.39 is 4.92 Å². The number of rotatable bonds is 7. The van der Waals surface area contributed by atoms with Crippen molar-refractivity contribution in [2.24, 2.45) is 0 Å². The fraction of sp³-hybridized carbons (Fsp3) is 0.222. The molecule has 0 heterocycles. The lowest BCUT2D eigenvalue weighted by Crippen LogP contribution is -2.13. The molecule has 0 fully saturated rings. The van der Waals surface area contributed by atoms with Crippen molar-refractivity contribution in [2.45, 2.75) is 20.3 Å². The van der Waals surface area contributed by atoms with Crippen molar-refractivity contribution in [3.8, 4) is 5.75 Å². The second kappa shape index (κ2) is 8.05. The molecule has 0 atom stereocenters. The van der Waals surface area contributed by atoms with Gasteiger partial charge in [0.2, 0.25) is 5.91 Å². The highest BCUT2D eigenvalue weighted by Gasteiger charge is 2.15. The van der Waals surface area contributed by atoms with Gasteiger partial charge in [-0.3, -0.25) is 19.7 Å². The molecule has 0 bridgehead atoms. The third-order valence-electron chi connectivity index (χ3n) is 3.62. The third-order valence-corrected chi connectivity index (χ3v) is 3.62. The molecule has 0 saturated heterocycles. The van der Waals surface area contributed by atoms with Gasteiger partial charge in [-0.25, -0.2) is 0 Å². The number of nitrogens with one attached hydrogen (secondary N) is 1. The van der Waals surface area contributed by atoms with Crippen LogP contribution in [0.15, 0.2) is 42.5 Å². The first-order valence-electron chi connectivity index (χ1n) is 7.72. The Morgan fingerprint density at radius 3 is 2.44 bits per heavy atom. The van der Waals surface area contributed by atoms with E-state index in [1.807, 2.05) is 0 Å². The standard InChI is InChI=1S/C18H18N2O5/c1-3-18(22)19-14-9-7-13(8-10-14)16(21)11-25-17-6-4-5-15(12(17)2)20(23)24/h4-10H,3,11H2,1-2H3,(H,19,22). The number of benzene rings is 2. The van der Waals surface area contributed by atoms with Gasteiger partial charge in [-0.15, -0.1) is 0 Å². The maximum Gasteiger partial charge on any atom is 0.276 e. The number of nitrogens with zero attached hydrogens (tertiary/aromatic N) is 1. The van der Waals surface area contributed by atoms with Gasteiger partial charge in [0.1, 0.15) is 5.75 Å². The Morgan fingerprint density at radius 2 is 1.84 bits per heavy atom. The van der Waals surface area contributed by atoms with Crippen molar-refractivity contribution >= 4 is 23.1 Å². The van der Waals surface area contributed by atoms with Gasteiger partial charge in [0.15, 0.2) is 12.4 Å². The first kappa shape index (κ1) is 18.1. The zero-order chi connectivity index (χ0) is 18.4. The van der Waals surface area contributed by atoms with Crippen LogP contribution in [0.25, 0.3) is 0 Å². The minimum atomic E-state index is -0.493. The van der Waals surface area contributed by atoms with E-state index in [-0.39, 0.29) is 24.0 Å². The summed E-state index contributed by atoms with van der Waals surface area (Å²) in [5.74, 6) is -0.0720. The van der Waals surface area contributed by atoms with Crippen molar-refractivity contribution in [1.29, 1.82) is 0 Å². The van der Waals surface area contributed by atoms with Gasteiger partial charge < -0.3 is 10.1 Å². The number of amides is 1. The van der Waals surface area contributed by atoms with Gasteiger partial charge >= 0.3 is 0 Å². The molecular formula is C18H18N2O5. The average Bonchev–Trinajstić information content (AvgIpc) is 2.60. The summed E-state index contributed by atoms with van der Waals surface area (Å²) in [6, 6.07) is 10.9. The Labute approximate surface area is 144 Å². The van der Waals surface area contributed by atoms with Crippen LogP contribution in [0.3, 0.4) is 0 Å². The van der Waals surface area contributed by atoms with Crippen LogP contribution in [0.2, 0.25) is 0 Å². The normalized spacial score (nSPS) is 10.2. The lowest BCUT2D eigenvalue weighted by atomic mass is 10.1. The third kappa shape index (κ3) is 4.63. The molecule has 0 saturated carbocycles. The van der Waals surface area contributed by atoms with Crippen LogP contribution in [0.4, 0.5) is 11.4 Å². The molecule has 130 valence electrons. The minimum Gasteiger partial charge on any atom is -0.485 e. The van der Waals surface area contributed by atoms with Crippen molar-refractivity contribution < 1.29 is 19.2 Å². The number of Topliss-reactive ketones (excluding diaryl/α,β-unsaturated/α-hetero) is 1. The fourth-order valence-corrected chi connectivity index (χ4v) is 2.17. The van der Waals surface area contributed by atoms with Crippen LogP contribution in [0.5, 0.6) is 5.75 Å². The van der Waals surface area contributed by atoms with E-state index in [4.69, 9.17) is 4.74 Å². The van der Waals surface area contributed by atoms with Gasteiger partial charge in [-0.2, -0.15) is 0 Å². The van der Waals surface area contributed by atoms with Crippen molar-refractivity contribution in [1.82, 2.24) is 0 Å². The second-order valence-electron chi connectivity index (χ2n) is 5.35. The van der Waals surface area contributed by atoms with E-state index in [1.54, 1.807) is 44.2 Å². The SMILES string of the molecule is CCC(=O)Nc1ccc(C(=O)COc2cccc([N+](=O)[O-])c2C)cc1. The van der Waals surface area contributed by atoms with Crippen molar-refractivity contribution in [2.75, 3.05) is 11.9 Å². The Morgan fingerprint density at radius 1 is 1.16 bits per heavy atom. The van der Waals surface area contributed by atoms with Crippen LogP contribution < -0.4 is 10.1 Å². The predicted molar refractivity (Wildman–Crippen MR) is 93.0 cm³/mol. The minimum absolute atomic E-state index is 0.0547. The van der Waals surface area contributed by atoms with Gasteiger partial charge in [0, 0.05) is 23.7 Å². The highest BCUT2D eigenvalue weighted by molar-refractivity contribution is 5.98. The summed E-state index contributed by atoms with van der Waals surface area (Å²) in [5.41, 5.74) is 1.36. The first-order chi connectivity index (χ1) is 11.9. The Bertz CT molecular complexity index is 800. The number of ketones is 1. The molecule has 2 rings (SSSR count). The highest BCUT2D eigenvalue weighted by Crippen LogP contribution is 2.27. The Hall–Kier alpha value is -3.22. The number of carbonyl (C=O) groups excluding carboxylic acids is 2. The monoisotopic (exact) mass is 342 g/mol. The fourth-order valence-electron chi connectivity index (χ4n) is 2.17. The zero-order valence-corrected chi connectivity index (χ0v) is 13.9. The van der Waals surface area contributed by atoms with Crippen LogP contribution in [0.1, 0.15) is 29.3 Å². The van der Waals surface area contributed by atoms with Crippen molar-refractivity contribution in [3.05, 3.63) is 63.7 Å². The summed E-state index contributed by atoms with van der Waals surface area (Å²) < 4.78 is 5.43. The Kier molecular flexibility index (Phi) is 5.84. The topological polar surface area (TPSA) is 98.5 Å². The molecule has 1 amide bonds. The quantitative estimate of drug-likeness (QED) is 0.471. The average molecular weight is 342 g/mol. The summed E-state index contributed by atoms with van der Waals surface area (Å²) in [6.45, 7) is 3.09. The van der Waals surface area contributed by atoms with Crippen LogP contribution >= 0.6 is 0 Å². The molecule has 0 unspecified atom stereocenters. The van der Waals surface area contributed by atoms with Gasteiger partial charge in [0.25, 0.3) is 5.69 Å². The van der Waals surface area contributed by atoms with Gasteiger partial charge in [-0.1, -0.05) is 13.0 Å². The van der Waals surface area contributed by atoms with E-state index in [0.29, 0.717) is 29.0 Å². The summed E-state index contributed by atoms with van der Waals surface area (Å²) >= 11 is 0. The number of anilines is 1. The summed E-state index contributed by atoms with van der Waals surface area (Å²) in [7, 11) is 0. The molecule has 0 aliphatic heterocycles. The highest BCUT2D eigenvalue weighted by atomic mass is 16.6. The smallest absolute Gasteiger partial charge is 0.276 e. The van der Waals surface area contributed by atoms with Gasteiger partial charge in [-0.05, 0) is 37.3 Å². The molecule has 25 heavy (non-hydrogen) atoms. The molecule has 7 nitrogen and oxygen atoms in total. The molecular weight excluding hydrogens is 324 g/mol. The van der Waals surface area contributed by atoms with E-state index in [0.717, 1.165) is 0 Å². The van der Waals surface area contributed by atoms with Crippen LogP contribution in [-0.2, 0) is 4.79 Å². The van der Waals surface area contributed by atoms with E-state index in [1.165, 1.54) is 12.1 Å². The van der Waals surface area contributed by atoms with E-state index in [2.05, 4.69) is 5.32 Å². The summed E-state index contributed by atoms with van der Waals surface area (Å²) in [5, 5.41) is 13.6. The zero-order valence-electron chi connectivity index (χ0n) is 13.9. The first-order valence-corrected chi connectivity index (χ1v) is 7.72. The summed E-state index contributed by atoms with van der Waals surface area (Å²) in [4.78, 5) is 33.9. The molecule has 2 aromatic carbocycles. The molecule has 0 aromatic heterocycles. The van der Waals surface area contributed by atoms with Crippen molar-refractivity contribution in [3.63, 3.8) is 0 Å². The lowest BCUT2D eigenvalue weighted by molar-refractivity contribution is -0.385. The number of hydrogen-bond donors (Lipinski definition) is 1. The number of nitro benzene ring substituents is 1. The summed E-state index contributed by atoms with van der Waals surface area (Å²) in [6.07, 6.45) is 0.372. The predicted octanol–water partition coefficient (Wildman–Crippen LogP) is 3.51.